The Bertz CT molecular complexity index is 549. The SMILES string of the molecule is CCNc1ncnc(Oc2cccc(Br)c2)c1Br. The number of halogens is 2. The van der Waals surface area contributed by atoms with Crippen LogP contribution in [0.3, 0.4) is 0 Å². The number of aromatic nitrogens is 2. The molecule has 1 N–H and O–H groups in total. The quantitative estimate of drug-likeness (QED) is 0.872. The van der Waals surface area contributed by atoms with Crippen molar-refractivity contribution in [3.63, 3.8) is 0 Å². The van der Waals surface area contributed by atoms with Gasteiger partial charge in [-0.3, -0.25) is 0 Å². The molecule has 0 amide bonds. The van der Waals surface area contributed by atoms with Crippen LogP contribution in [-0.2, 0) is 0 Å². The van der Waals surface area contributed by atoms with Crippen molar-refractivity contribution in [1.29, 1.82) is 0 Å². The third-order valence-electron chi connectivity index (χ3n) is 2.11. The van der Waals surface area contributed by atoms with Crippen LogP contribution in [-0.4, -0.2) is 16.5 Å². The summed E-state index contributed by atoms with van der Waals surface area (Å²) >= 11 is 6.83. The zero-order chi connectivity index (χ0) is 13.0. The standard InChI is InChI=1S/C12H11Br2N3O/c1-2-15-11-10(14)12(17-7-16-11)18-9-5-3-4-8(13)6-9/h3-7H,2H2,1H3,(H,15,16,17). The molecular formula is C12H11Br2N3O. The van der Waals surface area contributed by atoms with Crippen LogP contribution in [0.5, 0.6) is 11.6 Å². The predicted octanol–water partition coefficient (Wildman–Crippen LogP) is 4.23. The van der Waals surface area contributed by atoms with Crippen molar-refractivity contribution in [2.75, 3.05) is 11.9 Å². The molecule has 0 atom stereocenters. The van der Waals surface area contributed by atoms with Crippen molar-refractivity contribution in [3.05, 3.63) is 39.5 Å². The molecule has 18 heavy (non-hydrogen) atoms. The van der Waals surface area contributed by atoms with Crippen molar-refractivity contribution >= 4 is 37.7 Å². The third kappa shape index (κ3) is 3.20. The van der Waals surface area contributed by atoms with E-state index in [-0.39, 0.29) is 0 Å². The highest BCUT2D eigenvalue weighted by Gasteiger charge is 2.10. The van der Waals surface area contributed by atoms with E-state index in [0.29, 0.717) is 16.1 Å². The molecule has 0 unspecified atom stereocenters. The van der Waals surface area contributed by atoms with E-state index < -0.39 is 0 Å². The van der Waals surface area contributed by atoms with Crippen LogP contribution in [0.4, 0.5) is 5.82 Å². The smallest absolute Gasteiger partial charge is 0.238 e. The molecule has 0 aliphatic rings. The molecule has 0 aliphatic heterocycles. The lowest BCUT2D eigenvalue weighted by Crippen LogP contribution is -2.02. The summed E-state index contributed by atoms with van der Waals surface area (Å²) in [5.74, 6) is 1.92. The molecular weight excluding hydrogens is 362 g/mol. The molecule has 1 heterocycles. The Morgan fingerprint density at radius 2 is 2.11 bits per heavy atom. The van der Waals surface area contributed by atoms with Gasteiger partial charge >= 0.3 is 0 Å². The average molecular weight is 373 g/mol. The number of nitrogens with zero attached hydrogens (tertiary/aromatic N) is 2. The molecule has 6 heteroatoms. The lowest BCUT2D eigenvalue weighted by atomic mass is 10.3. The minimum Gasteiger partial charge on any atom is -0.438 e. The predicted molar refractivity (Wildman–Crippen MR) is 78.1 cm³/mol. The fourth-order valence-corrected chi connectivity index (χ4v) is 2.16. The van der Waals surface area contributed by atoms with Crippen LogP contribution in [0, 0.1) is 0 Å². The Kier molecular flexibility index (Phi) is 4.54. The molecule has 0 spiro atoms. The Hall–Kier alpha value is -1.14. The van der Waals surface area contributed by atoms with E-state index >= 15 is 0 Å². The lowest BCUT2D eigenvalue weighted by Gasteiger charge is -2.09. The van der Waals surface area contributed by atoms with E-state index in [4.69, 9.17) is 4.74 Å². The number of nitrogens with one attached hydrogen (secondary N) is 1. The van der Waals surface area contributed by atoms with E-state index in [1.165, 1.54) is 6.33 Å². The van der Waals surface area contributed by atoms with Crippen molar-refractivity contribution < 1.29 is 4.74 Å². The van der Waals surface area contributed by atoms with Gasteiger partial charge in [0.25, 0.3) is 0 Å². The van der Waals surface area contributed by atoms with E-state index in [9.17, 15) is 0 Å². The largest absolute Gasteiger partial charge is 0.438 e. The summed E-state index contributed by atoms with van der Waals surface area (Å²) in [6, 6.07) is 7.58. The van der Waals surface area contributed by atoms with Gasteiger partial charge in [-0.05, 0) is 41.1 Å². The minimum absolute atomic E-state index is 0.485. The maximum absolute atomic E-state index is 5.71. The van der Waals surface area contributed by atoms with E-state index in [1.807, 2.05) is 31.2 Å². The summed E-state index contributed by atoms with van der Waals surface area (Å²) in [5, 5.41) is 3.13. The zero-order valence-corrected chi connectivity index (χ0v) is 12.8. The Balaban J connectivity index is 2.26. The summed E-state index contributed by atoms with van der Waals surface area (Å²) in [7, 11) is 0. The van der Waals surface area contributed by atoms with Crippen molar-refractivity contribution in [1.82, 2.24) is 9.97 Å². The van der Waals surface area contributed by atoms with Gasteiger partial charge in [-0.15, -0.1) is 0 Å². The molecule has 1 aromatic heterocycles. The van der Waals surface area contributed by atoms with Crippen LogP contribution in [0.15, 0.2) is 39.5 Å². The second-order valence-electron chi connectivity index (χ2n) is 3.43. The highest BCUT2D eigenvalue weighted by atomic mass is 79.9. The highest BCUT2D eigenvalue weighted by molar-refractivity contribution is 9.11. The second kappa shape index (κ2) is 6.15. The fourth-order valence-electron chi connectivity index (χ4n) is 1.36. The van der Waals surface area contributed by atoms with Gasteiger partial charge in [0.05, 0.1) is 0 Å². The van der Waals surface area contributed by atoms with Gasteiger partial charge < -0.3 is 10.1 Å². The van der Waals surface area contributed by atoms with Gasteiger partial charge in [0.2, 0.25) is 5.88 Å². The summed E-state index contributed by atoms with van der Waals surface area (Å²) in [6.45, 7) is 2.79. The van der Waals surface area contributed by atoms with Crippen LogP contribution < -0.4 is 10.1 Å². The Morgan fingerprint density at radius 3 is 2.83 bits per heavy atom. The molecule has 0 bridgehead atoms. The molecule has 1 aromatic carbocycles. The number of anilines is 1. The van der Waals surface area contributed by atoms with E-state index in [0.717, 1.165) is 16.8 Å². The molecule has 0 aliphatic carbocycles. The number of hydrogen-bond acceptors (Lipinski definition) is 4. The van der Waals surface area contributed by atoms with Gasteiger partial charge in [-0.1, -0.05) is 22.0 Å². The van der Waals surface area contributed by atoms with Crippen LogP contribution >= 0.6 is 31.9 Å². The van der Waals surface area contributed by atoms with Gasteiger partial charge in [-0.25, -0.2) is 9.97 Å². The minimum atomic E-state index is 0.485. The van der Waals surface area contributed by atoms with Crippen LogP contribution in [0.1, 0.15) is 6.92 Å². The molecule has 2 rings (SSSR count). The summed E-state index contributed by atoms with van der Waals surface area (Å²) < 4.78 is 7.38. The number of rotatable bonds is 4. The first-order valence-electron chi connectivity index (χ1n) is 5.38. The number of ether oxygens (including phenoxy) is 1. The first kappa shape index (κ1) is 13.3. The van der Waals surface area contributed by atoms with Crippen molar-refractivity contribution in [3.8, 4) is 11.6 Å². The normalized spacial score (nSPS) is 10.2. The maximum atomic E-state index is 5.71. The summed E-state index contributed by atoms with van der Waals surface area (Å²) in [5.41, 5.74) is 0. The summed E-state index contributed by atoms with van der Waals surface area (Å²) in [4.78, 5) is 8.24. The molecule has 94 valence electrons. The topological polar surface area (TPSA) is 47.0 Å². The highest BCUT2D eigenvalue weighted by Crippen LogP contribution is 2.32. The first-order chi connectivity index (χ1) is 8.70. The second-order valence-corrected chi connectivity index (χ2v) is 5.14. The first-order valence-corrected chi connectivity index (χ1v) is 6.97. The molecule has 0 saturated carbocycles. The molecule has 4 nitrogen and oxygen atoms in total. The van der Waals surface area contributed by atoms with Gasteiger partial charge in [0, 0.05) is 11.0 Å². The number of hydrogen-bond donors (Lipinski definition) is 1. The Morgan fingerprint density at radius 1 is 1.28 bits per heavy atom. The van der Waals surface area contributed by atoms with E-state index in [1.54, 1.807) is 0 Å². The molecule has 2 aromatic rings. The number of benzene rings is 1. The van der Waals surface area contributed by atoms with Crippen molar-refractivity contribution in [2.24, 2.45) is 0 Å². The van der Waals surface area contributed by atoms with Gasteiger partial charge in [-0.2, -0.15) is 0 Å². The van der Waals surface area contributed by atoms with Gasteiger partial charge in [0.15, 0.2) is 0 Å². The van der Waals surface area contributed by atoms with E-state index in [2.05, 4.69) is 47.1 Å². The maximum Gasteiger partial charge on any atom is 0.238 e. The molecule has 0 fully saturated rings. The monoisotopic (exact) mass is 371 g/mol. The van der Waals surface area contributed by atoms with Crippen LogP contribution in [0.25, 0.3) is 0 Å². The fraction of sp³-hybridized carbons (Fsp3) is 0.167. The summed E-state index contributed by atoms with van der Waals surface area (Å²) in [6.07, 6.45) is 1.47. The molecule has 0 radical (unpaired) electrons. The molecule has 0 saturated heterocycles. The average Bonchev–Trinajstić information content (AvgIpc) is 2.35. The lowest BCUT2D eigenvalue weighted by molar-refractivity contribution is 0.458. The zero-order valence-electron chi connectivity index (χ0n) is 9.65. The Labute approximate surface area is 122 Å². The van der Waals surface area contributed by atoms with Gasteiger partial charge in [0.1, 0.15) is 22.4 Å². The third-order valence-corrected chi connectivity index (χ3v) is 3.32. The van der Waals surface area contributed by atoms with Crippen LogP contribution in [0.2, 0.25) is 0 Å². The van der Waals surface area contributed by atoms with Crippen molar-refractivity contribution in [2.45, 2.75) is 6.92 Å².